The molecule has 0 unspecified atom stereocenters. The van der Waals surface area contributed by atoms with E-state index in [4.69, 9.17) is 9.88 Å². The number of nitrogens with two attached hydrogens (primary N) is 1. The highest BCUT2D eigenvalue weighted by molar-refractivity contribution is 7.89. The van der Waals surface area contributed by atoms with E-state index >= 15 is 0 Å². The minimum atomic E-state index is -3.73. The van der Waals surface area contributed by atoms with Gasteiger partial charge in [-0.25, -0.2) is 13.6 Å². The lowest BCUT2D eigenvalue weighted by Crippen LogP contribution is -2.43. The van der Waals surface area contributed by atoms with Gasteiger partial charge in [-0.15, -0.1) is 0 Å². The smallest absolute Gasteiger partial charge is 0.254 e. The summed E-state index contributed by atoms with van der Waals surface area (Å²) in [6.07, 6.45) is 4.99. The summed E-state index contributed by atoms with van der Waals surface area (Å²) in [6.45, 7) is 1.44. The van der Waals surface area contributed by atoms with Gasteiger partial charge in [-0.3, -0.25) is 4.79 Å². The van der Waals surface area contributed by atoms with Gasteiger partial charge in [0.2, 0.25) is 10.0 Å². The van der Waals surface area contributed by atoms with Crippen LogP contribution in [0.15, 0.2) is 29.2 Å². The van der Waals surface area contributed by atoms with Gasteiger partial charge in [0.05, 0.1) is 4.90 Å². The van der Waals surface area contributed by atoms with Crippen molar-refractivity contribution in [3.63, 3.8) is 0 Å². The summed E-state index contributed by atoms with van der Waals surface area (Å²) in [4.78, 5) is 14.6. The minimum Gasteiger partial charge on any atom is -0.385 e. The van der Waals surface area contributed by atoms with E-state index in [2.05, 4.69) is 0 Å². The van der Waals surface area contributed by atoms with Gasteiger partial charge in [0.1, 0.15) is 0 Å². The Morgan fingerprint density at radius 1 is 1.30 bits per heavy atom. The summed E-state index contributed by atoms with van der Waals surface area (Å²) in [5.41, 5.74) is 0.496. The maximum Gasteiger partial charge on any atom is 0.254 e. The topological polar surface area (TPSA) is 89.7 Å². The first kappa shape index (κ1) is 17.9. The molecule has 1 aromatic carbocycles. The summed E-state index contributed by atoms with van der Waals surface area (Å²) in [7, 11) is -2.06. The number of rotatable bonds is 6. The molecule has 0 aliphatic carbocycles. The number of carbonyl (C=O) groups is 1. The van der Waals surface area contributed by atoms with Gasteiger partial charge < -0.3 is 9.64 Å². The molecule has 1 amide bonds. The van der Waals surface area contributed by atoms with E-state index in [9.17, 15) is 13.2 Å². The molecule has 128 valence electrons. The van der Waals surface area contributed by atoms with Crippen LogP contribution in [0.25, 0.3) is 0 Å². The molecule has 2 rings (SSSR count). The summed E-state index contributed by atoms with van der Waals surface area (Å²) < 4.78 is 27.7. The minimum absolute atomic E-state index is 0.0179. The van der Waals surface area contributed by atoms with Crippen molar-refractivity contribution in [1.82, 2.24) is 4.90 Å². The fraction of sp³-hybridized carbons (Fsp3) is 0.562. The van der Waals surface area contributed by atoms with E-state index in [1.807, 2.05) is 4.90 Å². The molecule has 0 bridgehead atoms. The Kier molecular flexibility index (Phi) is 6.15. The van der Waals surface area contributed by atoms with E-state index in [1.165, 1.54) is 24.3 Å². The van der Waals surface area contributed by atoms with Gasteiger partial charge in [-0.2, -0.15) is 0 Å². The summed E-state index contributed by atoms with van der Waals surface area (Å²) in [5, 5.41) is 5.08. The first-order valence-corrected chi connectivity index (χ1v) is 9.41. The van der Waals surface area contributed by atoms with E-state index in [0.717, 1.165) is 38.6 Å². The number of hydrogen-bond donors (Lipinski definition) is 1. The number of primary sulfonamides is 1. The Morgan fingerprint density at radius 2 is 2.00 bits per heavy atom. The van der Waals surface area contributed by atoms with Crippen LogP contribution in [-0.2, 0) is 14.8 Å². The summed E-state index contributed by atoms with van der Waals surface area (Å²) >= 11 is 0. The van der Waals surface area contributed by atoms with E-state index < -0.39 is 10.0 Å². The molecule has 1 aliphatic rings. The quantitative estimate of drug-likeness (QED) is 0.799. The molecule has 0 radical (unpaired) electrons. The number of hydrogen-bond acceptors (Lipinski definition) is 4. The van der Waals surface area contributed by atoms with E-state index in [-0.39, 0.29) is 16.8 Å². The van der Waals surface area contributed by atoms with Crippen LogP contribution < -0.4 is 5.14 Å². The molecule has 0 saturated carbocycles. The summed E-state index contributed by atoms with van der Waals surface area (Å²) in [6, 6.07) is 6.05. The molecule has 2 N–H and O–H groups in total. The third-order valence-corrected chi connectivity index (χ3v) is 5.13. The van der Waals surface area contributed by atoms with Crippen LogP contribution in [0.2, 0.25) is 0 Å². The first-order chi connectivity index (χ1) is 10.9. The molecule has 23 heavy (non-hydrogen) atoms. The molecule has 0 spiro atoms. The molecular weight excluding hydrogens is 316 g/mol. The van der Waals surface area contributed by atoms with Crippen molar-refractivity contribution in [2.24, 2.45) is 5.14 Å². The number of amides is 1. The second-order valence-corrected chi connectivity index (χ2v) is 7.41. The maximum atomic E-state index is 12.7. The van der Waals surface area contributed by atoms with Crippen molar-refractivity contribution in [2.75, 3.05) is 20.3 Å². The number of methoxy groups -OCH3 is 1. The van der Waals surface area contributed by atoms with Crippen LogP contribution in [0, 0.1) is 0 Å². The predicted octanol–water partition coefficient (Wildman–Crippen LogP) is 1.76. The molecule has 1 aromatic rings. The Morgan fingerprint density at radius 3 is 2.61 bits per heavy atom. The Labute approximate surface area is 137 Å². The number of benzene rings is 1. The van der Waals surface area contributed by atoms with Gasteiger partial charge in [0.15, 0.2) is 0 Å². The average Bonchev–Trinajstić information content (AvgIpc) is 2.54. The zero-order valence-corrected chi connectivity index (χ0v) is 14.2. The fourth-order valence-corrected chi connectivity index (χ4v) is 3.50. The highest BCUT2D eigenvalue weighted by atomic mass is 32.2. The lowest BCUT2D eigenvalue weighted by Gasteiger charge is -2.36. The Bertz CT molecular complexity index is 628. The Hall–Kier alpha value is -1.44. The van der Waals surface area contributed by atoms with E-state index in [0.29, 0.717) is 12.2 Å². The normalized spacial score (nSPS) is 18.9. The molecule has 1 heterocycles. The number of nitrogens with zero attached hydrogens (tertiary/aromatic N) is 1. The lowest BCUT2D eigenvalue weighted by atomic mass is 9.97. The van der Waals surface area contributed by atoms with Gasteiger partial charge in [-0.05, 0) is 56.4 Å². The van der Waals surface area contributed by atoms with Crippen molar-refractivity contribution < 1.29 is 17.9 Å². The largest absolute Gasteiger partial charge is 0.385 e. The van der Waals surface area contributed by atoms with Gasteiger partial charge in [0, 0.05) is 31.9 Å². The van der Waals surface area contributed by atoms with Crippen molar-refractivity contribution in [3.8, 4) is 0 Å². The summed E-state index contributed by atoms with van der Waals surface area (Å²) in [5.74, 6) is -0.0481. The predicted molar refractivity (Wildman–Crippen MR) is 87.6 cm³/mol. The number of likely N-dealkylation sites (tertiary alicyclic amines) is 1. The molecule has 1 atom stereocenters. The molecule has 1 fully saturated rings. The highest BCUT2D eigenvalue weighted by Crippen LogP contribution is 2.23. The van der Waals surface area contributed by atoms with Crippen LogP contribution in [0.1, 0.15) is 42.5 Å². The number of piperidine rings is 1. The fourth-order valence-electron chi connectivity index (χ4n) is 2.98. The van der Waals surface area contributed by atoms with Crippen LogP contribution in [-0.4, -0.2) is 45.5 Å². The van der Waals surface area contributed by atoms with Crippen LogP contribution in [0.5, 0.6) is 0 Å². The molecule has 0 aromatic heterocycles. The molecule has 6 nitrogen and oxygen atoms in total. The van der Waals surface area contributed by atoms with Crippen LogP contribution >= 0.6 is 0 Å². The zero-order chi connectivity index (χ0) is 16.9. The van der Waals surface area contributed by atoms with Crippen molar-refractivity contribution in [3.05, 3.63) is 29.8 Å². The van der Waals surface area contributed by atoms with Gasteiger partial charge >= 0.3 is 0 Å². The SMILES string of the molecule is COCCC[C@@H]1CCCCN1C(=O)c1ccc(S(N)(=O)=O)cc1. The monoisotopic (exact) mass is 340 g/mol. The van der Waals surface area contributed by atoms with E-state index in [1.54, 1.807) is 7.11 Å². The number of ether oxygens (including phenoxy) is 1. The molecule has 1 aliphatic heterocycles. The zero-order valence-electron chi connectivity index (χ0n) is 13.4. The van der Waals surface area contributed by atoms with Crippen molar-refractivity contribution in [1.29, 1.82) is 0 Å². The number of carbonyl (C=O) groups excluding carboxylic acids is 1. The number of sulfonamides is 1. The second-order valence-electron chi connectivity index (χ2n) is 5.85. The van der Waals surface area contributed by atoms with Crippen molar-refractivity contribution >= 4 is 15.9 Å². The molecular formula is C16H24N2O4S. The third kappa shape index (κ3) is 4.76. The standard InChI is InChI=1S/C16H24N2O4S/c1-22-12-4-6-14-5-2-3-11-18(14)16(19)13-7-9-15(10-8-13)23(17,20)21/h7-10,14H,2-6,11-12H2,1H3,(H2,17,20,21)/t14-/m0/s1. The van der Waals surface area contributed by atoms with Gasteiger partial charge in [-0.1, -0.05) is 0 Å². The van der Waals surface area contributed by atoms with Crippen LogP contribution in [0.3, 0.4) is 0 Å². The lowest BCUT2D eigenvalue weighted by molar-refractivity contribution is 0.0585. The average molecular weight is 340 g/mol. The first-order valence-electron chi connectivity index (χ1n) is 7.86. The Balaban J connectivity index is 2.10. The third-order valence-electron chi connectivity index (χ3n) is 4.20. The van der Waals surface area contributed by atoms with Gasteiger partial charge in [0.25, 0.3) is 5.91 Å². The molecule has 7 heteroatoms. The highest BCUT2D eigenvalue weighted by Gasteiger charge is 2.27. The maximum absolute atomic E-state index is 12.7. The molecule has 1 saturated heterocycles. The second kappa shape index (κ2) is 7.90. The van der Waals surface area contributed by atoms with Crippen molar-refractivity contribution in [2.45, 2.75) is 43.0 Å². The van der Waals surface area contributed by atoms with Crippen LogP contribution in [0.4, 0.5) is 0 Å².